The molecule has 0 unspecified atom stereocenters. The lowest BCUT2D eigenvalue weighted by Gasteiger charge is -2.31. The van der Waals surface area contributed by atoms with Gasteiger partial charge in [-0.1, -0.05) is 12.1 Å². The van der Waals surface area contributed by atoms with E-state index in [1.807, 2.05) is 55.2 Å². The van der Waals surface area contributed by atoms with E-state index in [9.17, 15) is 18.5 Å². The van der Waals surface area contributed by atoms with Crippen molar-refractivity contribution >= 4 is 33.3 Å². The third-order valence-corrected chi connectivity index (χ3v) is 7.00. The molecule has 1 saturated heterocycles. The molecule has 31 heavy (non-hydrogen) atoms. The van der Waals surface area contributed by atoms with Gasteiger partial charge in [-0.3, -0.25) is 15.5 Å². The van der Waals surface area contributed by atoms with Crippen molar-refractivity contribution in [1.29, 1.82) is 0 Å². The van der Waals surface area contributed by atoms with Crippen LogP contribution in [0.5, 0.6) is 0 Å². The number of nitrogens with one attached hydrogen (secondary N) is 1. The van der Waals surface area contributed by atoms with Crippen LogP contribution >= 0.6 is 0 Å². The van der Waals surface area contributed by atoms with E-state index in [1.165, 1.54) is 16.4 Å². The molecule has 0 spiro atoms. The minimum atomic E-state index is -3.92. The number of likely N-dealkylation sites (N-methyl/N-ethyl adjacent to an activating group) is 1. The number of rotatable bonds is 7. The van der Waals surface area contributed by atoms with Gasteiger partial charge in [0.2, 0.25) is 10.0 Å². The van der Waals surface area contributed by atoms with E-state index in [-0.39, 0.29) is 16.3 Å². The predicted molar refractivity (Wildman–Crippen MR) is 121 cm³/mol. The maximum absolute atomic E-state index is 13.2. The summed E-state index contributed by atoms with van der Waals surface area (Å²) in [7, 11) is 1.89. The second kappa shape index (κ2) is 9.41. The monoisotopic (exact) mass is 446 g/mol. The first-order chi connectivity index (χ1) is 14.7. The normalized spacial score (nSPS) is 15.8. The SMILES string of the molecule is CN1CCN(S(=O)(=O)c2cc([N+](=O)[O-])ccc2N/N=C/c2ccc(N(C)C)cc2)CC1. The highest BCUT2D eigenvalue weighted by molar-refractivity contribution is 7.89. The Hall–Kier alpha value is -3.02. The maximum atomic E-state index is 13.2. The molecule has 1 aliphatic heterocycles. The van der Waals surface area contributed by atoms with Crippen molar-refractivity contribution in [2.45, 2.75) is 4.90 Å². The van der Waals surface area contributed by atoms with Gasteiger partial charge in [0, 0.05) is 58.1 Å². The highest BCUT2D eigenvalue weighted by Crippen LogP contribution is 2.29. The number of nitro groups is 1. The van der Waals surface area contributed by atoms with E-state index in [1.54, 1.807) is 6.21 Å². The molecule has 0 aliphatic carbocycles. The number of benzene rings is 2. The first-order valence-electron chi connectivity index (χ1n) is 9.72. The Morgan fingerprint density at radius 2 is 1.74 bits per heavy atom. The second-order valence-corrected chi connectivity index (χ2v) is 9.41. The topological polar surface area (TPSA) is 111 Å². The zero-order valence-corrected chi connectivity index (χ0v) is 18.5. The largest absolute Gasteiger partial charge is 0.378 e. The van der Waals surface area contributed by atoms with Gasteiger partial charge in [0.05, 0.1) is 16.8 Å². The van der Waals surface area contributed by atoms with Crippen molar-refractivity contribution in [3.8, 4) is 0 Å². The number of anilines is 2. The molecule has 0 atom stereocenters. The summed E-state index contributed by atoms with van der Waals surface area (Å²) in [5.41, 5.74) is 4.50. The first-order valence-corrected chi connectivity index (χ1v) is 11.2. The van der Waals surface area contributed by atoms with Crippen molar-refractivity contribution in [3.63, 3.8) is 0 Å². The average Bonchev–Trinajstić information content (AvgIpc) is 2.74. The molecule has 2 aromatic carbocycles. The minimum Gasteiger partial charge on any atom is -0.378 e. The summed E-state index contributed by atoms with van der Waals surface area (Å²) in [5.74, 6) is 0. The number of hydrogen-bond donors (Lipinski definition) is 1. The van der Waals surface area contributed by atoms with Crippen molar-refractivity contribution in [2.75, 3.05) is 57.6 Å². The summed E-state index contributed by atoms with van der Waals surface area (Å²) >= 11 is 0. The van der Waals surface area contributed by atoms with E-state index < -0.39 is 14.9 Å². The Labute approximate surface area is 182 Å². The molecule has 11 heteroatoms. The molecule has 1 aliphatic rings. The van der Waals surface area contributed by atoms with E-state index in [0.29, 0.717) is 26.2 Å². The van der Waals surface area contributed by atoms with Gasteiger partial charge in [0.1, 0.15) is 4.90 Å². The lowest BCUT2D eigenvalue weighted by Crippen LogP contribution is -2.47. The summed E-state index contributed by atoms with van der Waals surface area (Å²) in [6.45, 7) is 1.83. The molecule has 1 fully saturated rings. The Morgan fingerprint density at radius 1 is 1.10 bits per heavy atom. The van der Waals surface area contributed by atoms with E-state index in [0.717, 1.165) is 17.3 Å². The van der Waals surface area contributed by atoms with Crippen LogP contribution < -0.4 is 10.3 Å². The van der Waals surface area contributed by atoms with E-state index >= 15 is 0 Å². The maximum Gasteiger partial charge on any atom is 0.270 e. The summed E-state index contributed by atoms with van der Waals surface area (Å²) in [6.07, 6.45) is 1.56. The lowest BCUT2D eigenvalue weighted by atomic mass is 10.2. The third kappa shape index (κ3) is 5.37. The highest BCUT2D eigenvalue weighted by atomic mass is 32.2. The smallest absolute Gasteiger partial charge is 0.270 e. The summed E-state index contributed by atoms with van der Waals surface area (Å²) in [6, 6.07) is 11.4. The molecular weight excluding hydrogens is 420 g/mol. The Kier molecular flexibility index (Phi) is 6.88. The standard InChI is InChI=1S/C20H26N6O4S/c1-23(2)17-6-4-16(5-7-17)15-21-22-19-9-8-18(26(27)28)14-20(19)31(29,30)25-12-10-24(3)11-13-25/h4-9,14-15,22H,10-13H2,1-3H3/b21-15+. The second-order valence-electron chi connectivity index (χ2n) is 7.50. The van der Waals surface area contributed by atoms with Gasteiger partial charge in [-0.25, -0.2) is 8.42 Å². The summed E-state index contributed by atoms with van der Waals surface area (Å²) in [5, 5.41) is 15.4. The average molecular weight is 447 g/mol. The van der Waals surface area contributed by atoms with Crippen LogP contribution in [-0.4, -0.2) is 76.1 Å². The molecule has 3 rings (SSSR count). The van der Waals surface area contributed by atoms with Crippen LogP contribution in [0.3, 0.4) is 0 Å². The van der Waals surface area contributed by atoms with Crippen LogP contribution in [0.4, 0.5) is 17.1 Å². The molecule has 2 aromatic rings. The summed E-state index contributed by atoms with van der Waals surface area (Å²) in [4.78, 5) is 14.5. The van der Waals surface area contributed by atoms with Gasteiger partial charge in [0.15, 0.2) is 0 Å². The Bertz CT molecular complexity index is 1060. The van der Waals surface area contributed by atoms with Gasteiger partial charge in [-0.05, 0) is 30.8 Å². The van der Waals surface area contributed by atoms with Gasteiger partial charge in [-0.2, -0.15) is 9.41 Å². The highest BCUT2D eigenvalue weighted by Gasteiger charge is 2.31. The van der Waals surface area contributed by atoms with Crippen molar-refractivity contribution < 1.29 is 13.3 Å². The number of hydrazone groups is 1. The molecule has 1 heterocycles. The van der Waals surface area contributed by atoms with Crippen molar-refractivity contribution in [1.82, 2.24) is 9.21 Å². The van der Waals surface area contributed by atoms with Gasteiger partial charge >= 0.3 is 0 Å². The van der Waals surface area contributed by atoms with Crippen LogP contribution in [0.1, 0.15) is 5.56 Å². The number of non-ortho nitro benzene ring substituents is 1. The minimum absolute atomic E-state index is 0.161. The first kappa shape index (κ1) is 22.7. The Morgan fingerprint density at radius 3 is 2.32 bits per heavy atom. The molecule has 0 aromatic heterocycles. The van der Waals surface area contributed by atoms with Crippen molar-refractivity contribution in [2.24, 2.45) is 5.10 Å². The fourth-order valence-electron chi connectivity index (χ4n) is 3.13. The molecule has 1 N–H and O–H groups in total. The quantitative estimate of drug-likeness (QED) is 0.394. The number of piperazine rings is 1. The number of nitro benzene ring substituents is 1. The number of hydrogen-bond acceptors (Lipinski definition) is 8. The van der Waals surface area contributed by atoms with Crippen LogP contribution in [-0.2, 0) is 10.0 Å². The number of nitrogens with zero attached hydrogens (tertiary/aromatic N) is 5. The zero-order chi connectivity index (χ0) is 22.6. The third-order valence-electron chi connectivity index (χ3n) is 5.06. The fourth-order valence-corrected chi connectivity index (χ4v) is 4.72. The van der Waals surface area contributed by atoms with Gasteiger partial charge < -0.3 is 9.80 Å². The molecule has 10 nitrogen and oxygen atoms in total. The summed E-state index contributed by atoms with van der Waals surface area (Å²) < 4.78 is 27.8. The van der Waals surface area contributed by atoms with Crippen LogP contribution in [0.2, 0.25) is 0 Å². The molecule has 166 valence electrons. The molecule has 0 amide bonds. The molecule has 0 saturated carbocycles. The van der Waals surface area contributed by atoms with Crippen molar-refractivity contribution in [3.05, 3.63) is 58.1 Å². The zero-order valence-electron chi connectivity index (χ0n) is 17.7. The van der Waals surface area contributed by atoms with Crippen LogP contribution in [0.15, 0.2) is 52.5 Å². The fraction of sp³-hybridized carbons (Fsp3) is 0.350. The van der Waals surface area contributed by atoms with Gasteiger partial charge in [0.25, 0.3) is 5.69 Å². The molecule has 0 bridgehead atoms. The lowest BCUT2D eigenvalue weighted by molar-refractivity contribution is -0.385. The van der Waals surface area contributed by atoms with E-state index in [4.69, 9.17) is 0 Å². The Balaban J connectivity index is 1.87. The molecule has 0 radical (unpaired) electrons. The van der Waals surface area contributed by atoms with Crippen LogP contribution in [0, 0.1) is 10.1 Å². The number of sulfonamides is 1. The predicted octanol–water partition coefficient (Wildman–Crippen LogP) is 2.04. The molecular formula is C20H26N6O4S. The van der Waals surface area contributed by atoms with Crippen LogP contribution in [0.25, 0.3) is 0 Å². The van der Waals surface area contributed by atoms with E-state index in [2.05, 4.69) is 10.5 Å². The van der Waals surface area contributed by atoms with Gasteiger partial charge in [-0.15, -0.1) is 0 Å².